The molecule has 3 heterocycles. The van der Waals surface area contributed by atoms with E-state index in [1.807, 2.05) is 48.0 Å². The number of thioether (sulfide) groups is 1. The van der Waals surface area contributed by atoms with E-state index in [0.29, 0.717) is 12.1 Å². The molecule has 0 aliphatic carbocycles. The van der Waals surface area contributed by atoms with E-state index in [2.05, 4.69) is 16.4 Å². The third-order valence-corrected chi connectivity index (χ3v) is 6.42. The van der Waals surface area contributed by atoms with E-state index >= 15 is 0 Å². The van der Waals surface area contributed by atoms with Gasteiger partial charge in [-0.3, -0.25) is 14.6 Å². The van der Waals surface area contributed by atoms with Crippen LogP contribution in [-0.4, -0.2) is 33.2 Å². The minimum Gasteiger partial charge on any atom is -0.392 e. The number of nitrogens with one attached hydrogen (secondary N) is 1. The fourth-order valence-electron chi connectivity index (χ4n) is 3.76. The Labute approximate surface area is 179 Å². The van der Waals surface area contributed by atoms with Gasteiger partial charge in [-0.2, -0.15) is 0 Å². The van der Waals surface area contributed by atoms with E-state index < -0.39 is 12.0 Å². The fraction of sp³-hybridized carbons (Fsp3) is 0.261. The van der Waals surface area contributed by atoms with Crippen LogP contribution in [-0.2, 0) is 6.42 Å². The number of aliphatic hydroxyl groups excluding tert-OH is 1. The van der Waals surface area contributed by atoms with Gasteiger partial charge in [-0.05, 0) is 37.6 Å². The van der Waals surface area contributed by atoms with Crippen molar-refractivity contribution in [1.82, 2.24) is 14.9 Å². The number of aliphatic hydroxyl groups is 1. The molecule has 30 heavy (non-hydrogen) atoms. The van der Waals surface area contributed by atoms with Crippen LogP contribution in [0.2, 0.25) is 0 Å². The van der Waals surface area contributed by atoms with Crippen LogP contribution in [0, 0.1) is 6.92 Å². The number of carbonyl (C=O) groups excluding carboxylic acids is 1. The van der Waals surface area contributed by atoms with Crippen molar-refractivity contribution in [3.05, 3.63) is 87.6 Å². The number of pyridine rings is 2. The monoisotopic (exact) mass is 421 g/mol. The Morgan fingerprint density at radius 1 is 1.33 bits per heavy atom. The summed E-state index contributed by atoms with van der Waals surface area (Å²) in [5.41, 5.74) is 3.26. The maximum absolute atomic E-state index is 13.0. The maximum atomic E-state index is 13.0. The van der Waals surface area contributed by atoms with Crippen LogP contribution in [0.15, 0.2) is 64.5 Å². The SMILES string of the molecule is Cc1cc(=O)c(C(=O)NCC(C)O)c2n1-c1ccccc1SC(c1cccnc1)C2. The van der Waals surface area contributed by atoms with E-state index in [9.17, 15) is 14.7 Å². The van der Waals surface area contributed by atoms with Gasteiger partial charge in [0.05, 0.1) is 11.8 Å². The zero-order chi connectivity index (χ0) is 21.3. The lowest BCUT2D eigenvalue weighted by Gasteiger charge is -2.20. The van der Waals surface area contributed by atoms with E-state index in [1.165, 1.54) is 6.07 Å². The first kappa shape index (κ1) is 20.4. The van der Waals surface area contributed by atoms with Crippen molar-refractivity contribution < 1.29 is 9.90 Å². The molecule has 0 fully saturated rings. The highest BCUT2D eigenvalue weighted by molar-refractivity contribution is 7.99. The summed E-state index contributed by atoms with van der Waals surface area (Å²) in [4.78, 5) is 31.2. The van der Waals surface area contributed by atoms with Gasteiger partial charge in [0.2, 0.25) is 0 Å². The average molecular weight is 422 g/mol. The molecule has 0 saturated heterocycles. The second-order valence-electron chi connectivity index (χ2n) is 7.43. The molecule has 4 rings (SSSR count). The van der Waals surface area contributed by atoms with Crippen LogP contribution < -0.4 is 10.7 Å². The molecule has 0 bridgehead atoms. The van der Waals surface area contributed by atoms with E-state index in [4.69, 9.17) is 0 Å². The van der Waals surface area contributed by atoms with Crippen molar-refractivity contribution in [2.24, 2.45) is 0 Å². The number of fused-ring (bicyclic) bond motifs is 3. The summed E-state index contributed by atoms with van der Waals surface area (Å²) in [6.45, 7) is 3.56. The lowest BCUT2D eigenvalue weighted by atomic mass is 10.0. The van der Waals surface area contributed by atoms with E-state index in [0.717, 1.165) is 21.8 Å². The minimum absolute atomic E-state index is 0.00174. The molecule has 0 saturated carbocycles. The summed E-state index contributed by atoms with van der Waals surface area (Å²) in [6, 6.07) is 13.4. The van der Waals surface area contributed by atoms with Gasteiger partial charge in [0.25, 0.3) is 5.91 Å². The Hall–Kier alpha value is -2.90. The molecule has 2 aromatic heterocycles. The zero-order valence-electron chi connectivity index (χ0n) is 16.8. The summed E-state index contributed by atoms with van der Waals surface area (Å²) < 4.78 is 2.01. The molecule has 0 radical (unpaired) electrons. The first-order chi connectivity index (χ1) is 14.5. The van der Waals surface area contributed by atoms with Gasteiger partial charge in [0.15, 0.2) is 5.43 Å². The molecule has 6 nitrogen and oxygen atoms in total. The molecule has 3 aromatic rings. The van der Waals surface area contributed by atoms with Crippen LogP contribution in [0.4, 0.5) is 0 Å². The molecule has 1 aliphatic heterocycles. The topological polar surface area (TPSA) is 84.2 Å². The van der Waals surface area contributed by atoms with Gasteiger partial charge in [-0.1, -0.05) is 18.2 Å². The van der Waals surface area contributed by atoms with Gasteiger partial charge < -0.3 is 15.0 Å². The van der Waals surface area contributed by atoms with E-state index in [1.54, 1.807) is 24.9 Å². The minimum atomic E-state index is -0.694. The molecular formula is C23H23N3O3S. The number of para-hydroxylation sites is 1. The smallest absolute Gasteiger partial charge is 0.257 e. The lowest BCUT2D eigenvalue weighted by Crippen LogP contribution is -2.36. The highest BCUT2D eigenvalue weighted by atomic mass is 32.2. The van der Waals surface area contributed by atoms with Crippen molar-refractivity contribution in [1.29, 1.82) is 0 Å². The van der Waals surface area contributed by atoms with Crippen LogP contribution in [0.3, 0.4) is 0 Å². The number of nitrogens with zero attached hydrogens (tertiary/aromatic N) is 2. The normalized spacial score (nSPS) is 16.2. The van der Waals surface area contributed by atoms with Gasteiger partial charge in [0.1, 0.15) is 5.56 Å². The summed E-state index contributed by atoms with van der Waals surface area (Å²) in [5, 5.41) is 12.2. The van der Waals surface area contributed by atoms with Crippen molar-refractivity contribution in [3.8, 4) is 5.69 Å². The molecule has 2 unspecified atom stereocenters. The molecule has 0 spiro atoms. The lowest BCUT2D eigenvalue weighted by molar-refractivity contribution is 0.0921. The first-order valence-corrected chi connectivity index (χ1v) is 10.7. The van der Waals surface area contributed by atoms with Crippen molar-refractivity contribution in [2.75, 3.05) is 6.54 Å². The fourth-order valence-corrected chi connectivity index (χ4v) is 5.02. The Balaban J connectivity index is 1.93. The number of hydrogen-bond acceptors (Lipinski definition) is 5. The maximum Gasteiger partial charge on any atom is 0.257 e. The molecule has 154 valence electrons. The Morgan fingerprint density at radius 2 is 2.13 bits per heavy atom. The second kappa shape index (κ2) is 8.45. The molecule has 1 aliphatic rings. The van der Waals surface area contributed by atoms with Crippen molar-refractivity contribution in [3.63, 3.8) is 0 Å². The number of aryl methyl sites for hydroxylation is 1. The number of aromatic nitrogens is 2. The zero-order valence-corrected chi connectivity index (χ0v) is 17.6. The quantitative estimate of drug-likeness (QED) is 0.677. The third-order valence-electron chi connectivity index (χ3n) is 5.09. The molecule has 2 atom stereocenters. The second-order valence-corrected chi connectivity index (χ2v) is 8.68. The summed E-state index contributed by atoms with van der Waals surface area (Å²) in [5.74, 6) is -0.459. The highest BCUT2D eigenvalue weighted by Crippen LogP contribution is 2.44. The number of rotatable bonds is 4. The Morgan fingerprint density at radius 3 is 2.87 bits per heavy atom. The summed E-state index contributed by atoms with van der Waals surface area (Å²) >= 11 is 1.71. The number of benzene rings is 1. The van der Waals surface area contributed by atoms with Gasteiger partial charge in [0, 0.05) is 53.0 Å². The predicted molar refractivity (Wildman–Crippen MR) is 117 cm³/mol. The summed E-state index contributed by atoms with van der Waals surface area (Å²) in [7, 11) is 0. The standard InChI is InChI=1S/C23H23N3O3S/c1-14-10-19(28)22(23(29)25-12-15(2)27)18-11-21(16-6-5-9-24-13-16)30-20-8-4-3-7-17(20)26(14)18/h3-10,13,15,21,27H,11-12H2,1-2H3,(H,25,29). The molecule has 7 heteroatoms. The van der Waals surface area contributed by atoms with Crippen molar-refractivity contribution in [2.45, 2.75) is 36.5 Å². The largest absolute Gasteiger partial charge is 0.392 e. The van der Waals surface area contributed by atoms with Crippen LogP contribution in [0.1, 0.15) is 39.5 Å². The number of carbonyl (C=O) groups is 1. The summed E-state index contributed by atoms with van der Waals surface area (Å²) in [6.07, 6.45) is 3.37. The van der Waals surface area contributed by atoms with Crippen molar-refractivity contribution >= 4 is 17.7 Å². The third kappa shape index (κ3) is 3.91. The number of amides is 1. The number of hydrogen-bond donors (Lipinski definition) is 2. The van der Waals surface area contributed by atoms with Gasteiger partial charge in [-0.15, -0.1) is 11.8 Å². The van der Waals surface area contributed by atoms with E-state index in [-0.39, 0.29) is 22.8 Å². The van der Waals surface area contributed by atoms with Crippen LogP contribution in [0.5, 0.6) is 0 Å². The molecular weight excluding hydrogens is 398 g/mol. The highest BCUT2D eigenvalue weighted by Gasteiger charge is 2.29. The van der Waals surface area contributed by atoms with Crippen LogP contribution >= 0.6 is 11.8 Å². The van der Waals surface area contributed by atoms with Gasteiger partial charge in [-0.25, -0.2) is 0 Å². The molecule has 1 amide bonds. The Bertz CT molecular complexity index is 1140. The molecule has 1 aromatic carbocycles. The predicted octanol–water partition coefficient (Wildman–Crippen LogP) is 3.04. The molecule has 2 N–H and O–H groups in total. The van der Waals surface area contributed by atoms with Crippen LogP contribution in [0.25, 0.3) is 5.69 Å². The average Bonchev–Trinajstić information content (AvgIpc) is 2.90. The Kier molecular flexibility index (Phi) is 5.74. The van der Waals surface area contributed by atoms with Gasteiger partial charge >= 0.3 is 0 Å². The first-order valence-electron chi connectivity index (χ1n) is 9.83.